The molecule has 2 aromatic heterocycles. The zero-order valence-corrected chi connectivity index (χ0v) is 13.2. The molecule has 1 aliphatic rings. The van der Waals surface area contributed by atoms with Gasteiger partial charge in [0.05, 0.1) is 5.69 Å². The van der Waals surface area contributed by atoms with Crippen LogP contribution in [0.3, 0.4) is 0 Å². The molecule has 0 radical (unpaired) electrons. The number of piperidine rings is 1. The molecular weight excluding hydrogens is 280 g/mol. The molecule has 3 rings (SSSR count). The van der Waals surface area contributed by atoms with E-state index in [9.17, 15) is 4.79 Å². The lowest BCUT2D eigenvalue weighted by Gasteiger charge is -2.35. The van der Waals surface area contributed by atoms with Crippen molar-refractivity contribution in [3.63, 3.8) is 0 Å². The third-order valence-corrected chi connectivity index (χ3v) is 4.39. The molecular formula is C16H22N4O2. The van der Waals surface area contributed by atoms with Crippen molar-refractivity contribution in [1.82, 2.24) is 19.8 Å². The Morgan fingerprint density at radius 2 is 2.27 bits per heavy atom. The Morgan fingerprint density at radius 1 is 1.41 bits per heavy atom. The van der Waals surface area contributed by atoms with E-state index in [-0.39, 0.29) is 11.9 Å². The number of carbonyl (C=O) groups excluding carboxylic acids is 1. The Balaban J connectivity index is 1.73. The monoisotopic (exact) mass is 302 g/mol. The Morgan fingerprint density at radius 3 is 2.95 bits per heavy atom. The zero-order chi connectivity index (χ0) is 15.5. The summed E-state index contributed by atoms with van der Waals surface area (Å²) in [6.07, 6.45) is 7.96. The highest BCUT2D eigenvalue weighted by Crippen LogP contribution is 2.24. The molecule has 1 amide bonds. The molecule has 6 nitrogen and oxygen atoms in total. The third kappa shape index (κ3) is 2.91. The van der Waals surface area contributed by atoms with Gasteiger partial charge < -0.3 is 9.42 Å². The van der Waals surface area contributed by atoms with E-state index in [1.54, 1.807) is 13.1 Å². The van der Waals surface area contributed by atoms with Crippen molar-refractivity contribution in [2.24, 2.45) is 0 Å². The fourth-order valence-corrected chi connectivity index (χ4v) is 3.21. The van der Waals surface area contributed by atoms with Crippen molar-refractivity contribution >= 4 is 5.91 Å². The lowest BCUT2D eigenvalue weighted by atomic mass is 9.98. The van der Waals surface area contributed by atoms with Gasteiger partial charge in [0.15, 0.2) is 0 Å². The summed E-state index contributed by atoms with van der Waals surface area (Å²) >= 11 is 0. The van der Waals surface area contributed by atoms with Crippen LogP contribution in [0.25, 0.3) is 0 Å². The largest absolute Gasteiger partial charge is 0.361 e. The number of carbonyl (C=O) groups is 1. The van der Waals surface area contributed by atoms with Crippen LogP contribution in [0.5, 0.6) is 0 Å². The Bertz CT molecular complexity index is 613. The quantitative estimate of drug-likeness (QED) is 0.870. The second-order valence-electron chi connectivity index (χ2n) is 5.91. The number of rotatable bonds is 4. The highest BCUT2D eigenvalue weighted by atomic mass is 16.5. The predicted octanol–water partition coefficient (Wildman–Crippen LogP) is 2.57. The van der Waals surface area contributed by atoms with E-state index < -0.39 is 0 Å². The minimum Gasteiger partial charge on any atom is -0.361 e. The fourth-order valence-electron chi connectivity index (χ4n) is 3.21. The van der Waals surface area contributed by atoms with Crippen molar-refractivity contribution in [3.8, 4) is 0 Å². The SMILES string of the molecule is Cc1noc(C)c1C(=O)N1CCCC[C@@H]1CCn1cccn1. The molecule has 22 heavy (non-hydrogen) atoms. The van der Waals surface area contributed by atoms with E-state index in [0.29, 0.717) is 17.0 Å². The van der Waals surface area contributed by atoms with Crippen LogP contribution in [0.4, 0.5) is 0 Å². The molecule has 1 aliphatic heterocycles. The van der Waals surface area contributed by atoms with Crippen molar-refractivity contribution in [2.45, 2.75) is 52.1 Å². The molecule has 0 aromatic carbocycles. The molecule has 0 saturated carbocycles. The second kappa shape index (κ2) is 6.34. The molecule has 0 N–H and O–H groups in total. The van der Waals surface area contributed by atoms with E-state index in [4.69, 9.17) is 4.52 Å². The van der Waals surface area contributed by atoms with Gasteiger partial charge in [-0.15, -0.1) is 0 Å². The van der Waals surface area contributed by atoms with Gasteiger partial charge in [-0.05, 0) is 45.6 Å². The van der Waals surface area contributed by atoms with Crippen LogP contribution in [0.15, 0.2) is 23.0 Å². The molecule has 1 fully saturated rings. The van der Waals surface area contributed by atoms with Crippen LogP contribution in [0, 0.1) is 13.8 Å². The number of aromatic nitrogens is 3. The topological polar surface area (TPSA) is 64.2 Å². The summed E-state index contributed by atoms with van der Waals surface area (Å²) in [6.45, 7) is 5.28. The number of likely N-dealkylation sites (tertiary alicyclic amines) is 1. The maximum Gasteiger partial charge on any atom is 0.259 e. The molecule has 1 saturated heterocycles. The van der Waals surface area contributed by atoms with Gasteiger partial charge in [0, 0.05) is 31.5 Å². The fraction of sp³-hybridized carbons (Fsp3) is 0.562. The van der Waals surface area contributed by atoms with Crippen molar-refractivity contribution in [1.29, 1.82) is 0 Å². The minimum absolute atomic E-state index is 0.0569. The zero-order valence-electron chi connectivity index (χ0n) is 13.2. The van der Waals surface area contributed by atoms with Gasteiger partial charge in [0.25, 0.3) is 5.91 Å². The van der Waals surface area contributed by atoms with Crippen LogP contribution in [-0.2, 0) is 6.54 Å². The summed E-state index contributed by atoms with van der Waals surface area (Å²) in [7, 11) is 0. The summed E-state index contributed by atoms with van der Waals surface area (Å²) in [5.74, 6) is 0.667. The van der Waals surface area contributed by atoms with Crippen LogP contribution in [0.1, 0.15) is 47.5 Å². The van der Waals surface area contributed by atoms with Gasteiger partial charge in [0.1, 0.15) is 11.3 Å². The Labute approximate surface area is 130 Å². The molecule has 0 spiro atoms. The Hall–Kier alpha value is -2.11. The highest BCUT2D eigenvalue weighted by molar-refractivity contribution is 5.96. The van der Waals surface area contributed by atoms with Crippen LogP contribution in [-0.4, -0.2) is 38.3 Å². The maximum absolute atomic E-state index is 12.9. The minimum atomic E-state index is 0.0569. The second-order valence-corrected chi connectivity index (χ2v) is 5.91. The number of hydrogen-bond donors (Lipinski definition) is 0. The molecule has 0 bridgehead atoms. The molecule has 6 heteroatoms. The Kier molecular flexibility index (Phi) is 4.27. The summed E-state index contributed by atoms with van der Waals surface area (Å²) < 4.78 is 7.07. The van der Waals surface area contributed by atoms with Gasteiger partial charge in [-0.3, -0.25) is 9.48 Å². The average molecular weight is 302 g/mol. The molecule has 0 unspecified atom stereocenters. The lowest BCUT2D eigenvalue weighted by molar-refractivity contribution is 0.0591. The van der Waals surface area contributed by atoms with Gasteiger partial charge >= 0.3 is 0 Å². The molecule has 0 aliphatic carbocycles. The van der Waals surface area contributed by atoms with Gasteiger partial charge in [-0.25, -0.2) is 0 Å². The van der Waals surface area contributed by atoms with Crippen LogP contribution >= 0.6 is 0 Å². The van der Waals surface area contributed by atoms with E-state index in [1.165, 1.54) is 6.42 Å². The lowest BCUT2D eigenvalue weighted by Crippen LogP contribution is -2.44. The average Bonchev–Trinajstić information content (AvgIpc) is 3.15. The smallest absolute Gasteiger partial charge is 0.259 e. The number of hydrogen-bond acceptors (Lipinski definition) is 4. The molecule has 1 atom stereocenters. The molecule has 3 heterocycles. The first kappa shape index (κ1) is 14.8. The van der Waals surface area contributed by atoms with Crippen LogP contribution < -0.4 is 0 Å². The first-order chi connectivity index (χ1) is 10.7. The summed E-state index contributed by atoms with van der Waals surface area (Å²) in [5, 5.41) is 8.14. The van der Waals surface area contributed by atoms with Gasteiger partial charge in [-0.2, -0.15) is 5.10 Å². The maximum atomic E-state index is 12.9. The standard InChI is InChI=1S/C16H22N4O2/c1-12-15(13(2)22-18-12)16(21)20-10-4-3-6-14(20)7-11-19-9-5-8-17-19/h5,8-9,14H,3-4,6-7,10-11H2,1-2H3/t14-/m1/s1. The number of aryl methyl sites for hydroxylation is 3. The number of amides is 1. The van der Waals surface area contributed by atoms with Crippen molar-refractivity contribution in [2.75, 3.05) is 6.54 Å². The molecule has 118 valence electrons. The van der Waals surface area contributed by atoms with Crippen LogP contribution in [0.2, 0.25) is 0 Å². The van der Waals surface area contributed by atoms with Gasteiger partial charge in [-0.1, -0.05) is 5.16 Å². The third-order valence-electron chi connectivity index (χ3n) is 4.39. The van der Waals surface area contributed by atoms with E-state index in [2.05, 4.69) is 10.3 Å². The van der Waals surface area contributed by atoms with E-state index >= 15 is 0 Å². The predicted molar refractivity (Wildman–Crippen MR) is 81.5 cm³/mol. The normalized spacial score (nSPS) is 18.6. The summed E-state index contributed by atoms with van der Waals surface area (Å²) in [6, 6.07) is 2.19. The summed E-state index contributed by atoms with van der Waals surface area (Å²) in [5.41, 5.74) is 1.31. The first-order valence-electron chi connectivity index (χ1n) is 7.88. The van der Waals surface area contributed by atoms with Gasteiger partial charge in [0.2, 0.25) is 0 Å². The van der Waals surface area contributed by atoms with Crippen molar-refractivity contribution in [3.05, 3.63) is 35.5 Å². The molecule has 2 aromatic rings. The van der Waals surface area contributed by atoms with E-state index in [0.717, 1.165) is 32.4 Å². The highest BCUT2D eigenvalue weighted by Gasteiger charge is 2.30. The van der Waals surface area contributed by atoms with Crippen molar-refractivity contribution < 1.29 is 9.32 Å². The first-order valence-corrected chi connectivity index (χ1v) is 7.88. The number of nitrogens with zero attached hydrogens (tertiary/aromatic N) is 4. The summed E-state index contributed by atoms with van der Waals surface area (Å²) in [4.78, 5) is 14.9. The van der Waals surface area contributed by atoms with E-state index in [1.807, 2.05) is 28.8 Å².